The molecule has 0 unspecified atom stereocenters. The Hall–Kier alpha value is -4.00. The zero-order valence-corrected chi connectivity index (χ0v) is 16.4. The molecule has 4 rings (SSSR count). The first kappa shape index (κ1) is 19.3. The maximum absolute atomic E-state index is 12.5. The van der Waals surface area contributed by atoms with Crippen LogP contribution in [-0.2, 0) is 6.54 Å². The van der Waals surface area contributed by atoms with Gasteiger partial charge in [-0.3, -0.25) is 14.6 Å². The van der Waals surface area contributed by atoms with Crippen molar-refractivity contribution in [3.63, 3.8) is 0 Å². The van der Waals surface area contributed by atoms with E-state index in [4.69, 9.17) is 4.74 Å². The summed E-state index contributed by atoms with van der Waals surface area (Å²) in [6.07, 6.45) is 5.00. The number of amides is 1. The van der Waals surface area contributed by atoms with Crippen molar-refractivity contribution in [2.45, 2.75) is 6.54 Å². The van der Waals surface area contributed by atoms with Crippen molar-refractivity contribution in [3.8, 4) is 16.9 Å². The minimum absolute atomic E-state index is 0.169. The van der Waals surface area contributed by atoms with Gasteiger partial charge in [0.15, 0.2) is 0 Å². The molecule has 0 atom stereocenters. The SMILES string of the molecule is COc1cnccc1-c1ccc(C(=O)NCCn2ncc3ccccc3c2=O)cc1. The number of ether oxygens (including phenoxy) is 1. The largest absolute Gasteiger partial charge is 0.494 e. The topological polar surface area (TPSA) is 86.1 Å². The van der Waals surface area contributed by atoms with Gasteiger partial charge in [0.1, 0.15) is 5.75 Å². The molecule has 7 nitrogen and oxygen atoms in total. The number of hydrogen-bond donors (Lipinski definition) is 1. The summed E-state index contributed by atoms with van der Waals surface area (Å²) < 4.78 is 6.70. The summed E-state index contributed by atoms with van der Waals surface area (Å²) in [6, 6.07) is 16.4. The summed E-state index contributed by atoms with van der Waals surface area (Å²) in [7, 11) is 1.60. The molecule has 1 amide bonds. The molecule has 30 heavy (non-hydrogen) atoms. The van der Waals surface area contributed by atoms with E-state index in [2.05, 4.69) is 15.4 Å². The van der Waals surface area contributed by atoms with Crippen LogP contribution in [0.1, 0.15) is 10.4 Å². The molecule has 0 radical (unpaired) electrons. The van der Waals surface area contributed by atoms with Crippen molar-refractivity contribution in [1.29, 1.82) is 0 Å². The minimum Gasteiger partial charge on any atom is -0.494 e. The Kier molecular flexibility index (Phi) is 5.52. The lowest BCUT2D eigenvalue weighted by molar-refractivity contribution is 0.0952. The molecule has 2 heterocycles. The first-order chi connectivity index (χ1) is 14.7. The van der Waals surface area contributed by atoms with E-state index in [-0.39, 0.29) is 11.5 Å². The summed E-state index contributed by atoms with van der Waals surface area (Å²) >= 11 is 0. The van der Waals surface area contributed by atoms with E-state index in [1.54, 1.807) is 43.9 Å². The number of carbonyl (C=O) groups is 1. The lowest BCUT2D eigenvalue weighted by atomic mass is 10.0. The van der Waals surface area contributed by atoms with Crippen LogP contribution in [0.5, 0.6) is 5.75 Å². The fraction of sp³-hybridized carbons (Fsp3) is 0.130. The number of carbonyl (C=O) groups excluding carboxylic acids is 1. The number of nitrogens with zero attached hydrogens (tertiary/aromatic N) is 3. The molecule has 0 saturated carbocycles. The van der Waals surface area contributed by atoms with Gasteiger partial charge < -0.3 is 10.1 Å². The summed E-state index contributed by atoms with van der Waals surface area (Å²) in [6.45, 7) is 0.589. The van der Waals surface area contributed by atoms with Gasteiger partial charge >= 0.3 is 0 Å². The van der Waals surface area contributed by atoms with Crippen LogP contribution in [0.25, 0.3) is 21.9 Å². The van der Waals surface area contributed by atoms with Gasteiger partial charge in [-0.25, -0.2) is 4.68 Å². The normalized spacial score (nSPS) is 10.7. The Morgan fingerprint density at radius 3 is 2.67 bits per heavy atom. The number of methoxy groups -OCH3 is 1. The van der Waals surface area contributed by atoms with Crippen LogP contribution < -0.4 is 15.6 Å². The molecule has 2 aromatic heterocycles. The number of rotatable bonds is 6. The summed E-state index contributed by atoms with van der Waals surface area (Å²) in [5.74, 6) is 0.458. The van der Waals surface area contributed by atoms with Gasteiger partial charge in [-0.05, 0) is 29.8 Å². The van der Waals surface area contributed by atoms with Gasteiger partial charge in [0.2, 0.25) is 0 Å². The zero-order valence-electron chi connectivity index (χ0n) is 16.4. The predicted molar refractivity (Wildman–Crippen MR) is 115 cm³/mol. The second-order valence-electron chi connectivity index (χ2n) is 6.67. The summed E-state index contributed by atoms with van der Waals surface area (Å²) in [5, 5.41) is 8.42. The van der Waals surface area contributed by atoms with E-state index in [0.29, 0.717) is 29.8 Å². The van der Waals surface area contributed by atoms with E-state index < -0.39 is 0 Å². The van der Waals surface area contributed by atoms with E-state index >= 15 is 0 Å². The third-order valence-electron chi connectivity index (χ3n) is 4.83. The van der Waals surface area contributed by atoms with E-state index in [1.165, 1.54) is 4.68 Å². The third kappa shape index (κ3) is 3.91. The van der Waals surface area contributed by atoms with Crippen LogP contribution in [0.3, 0.4) is 0 Å². The molecule has 150 valence electrons. The number of pyridine rings is 1. The van der Waals surface area contributed by atoms with Crippen LogP contribution in [0.15, 0.2) is 78.0 Å². The smallest absolute Gasteiger partial charge is 0.274 e. The first-order valence-corrected chi connectivity index (χ1v) is 9.49. The number of hydrogen-bond acceptors (Lipinski definition) is 5. The highest BCUT2D eigenvalue weighted by atomic mass is 16.5. The van der Waals surface area contributed by atoms with Gasteiger partial charge in [0.25, 0.3) is 11.5 Å². The lowest BCUT2D eigenvalue weighted by Crippen LogP contribution is -2.32. The molecule has 0 spiro atoms. The number of fused-ring (bicyclic) bond motifs is 1. The summed E-state index contributed by atoms with van der Waals surface area (Å²) in [5.41, 5.74) is 2.20. The van der Waals surface area contributed by atoms with Gasteiger partial charge in [-0.1, -0.05) is 30.3 Å². The molecular formula is C23H20N4O3. The molecule has 0 fully saturated rings. The van der Waals surface area contributed by atoms with E-state index in [0.717, 1.165) is 16.5 Å². The van der Waals surface area contributed by atoms with Crippen molar-refractivity contribution in [2.75, 3.05) is 13.7 Å². The van der Waals surface area contributed by atoms with Crippen molar-refractivity contribution >= 4 is 16.7 Å². The summed E-state index contributed by atoms with van der Waals surface area (Å²) in [4.78, 5) is 29.0. The average molecular weight is 400 g/mol. The van der Waals surface area contributed by atoms with Crippen LogP contribution in [-0.4, -0.2) is 34.3 Å². The second kappa shape index (κ2) is 8.57. The van der Waals surface area contributed by atoms with Crippen LogP contribution in [0.2, 0.25) is 0 Å². The number of nitrogens with one attached hydrogen (secondary N) is 1. The Morgan fingerprint density at radius 1 is 1.07 bits per heavy atom. The number of aromatic nitrogens is 3. The van der Waals surface area contributed by atoms with Crippen molar-refractivity contribution in [2.24, 2.45) is 0 Å². The molecular weight excluding hydrogens is 380 g/mol. The van der Waals surface area contributed by atoms with Gasteiger partial charge in [0, 0.05) is 29.3 Å². The van der Waals surface area contributed by atoms with Gasteiger partial charge in [-0.15, -0.1) is 0 Å². The van der Waals surface area contributed by atoms with Crippen LogP contribution in [0.4, 0.5) is 0 Å². The fourth-order valence-corrected chi connectivity index (χ4v) is 3.25. The maximum atomic E-state index is 12.5. The Labute approximate surface area is 173 Å². The fourth-order valence-electron chi connectivity index (χ4n) is 3.25. The van der Waals surface area contributed by atoms with Crippen molar-refractivity contribution in [1.82, 2.24) is 20.1 Å². The van der Waals surface area contributed by atoms with E-state index in [9.17, 15) is 9.59 Å². The second-order valence-corrected chi connectivity index (χ2v) is 6.67. The van der Waals surface area contributed by atoms with Gasteiger partial charge in [0.05, 0.1) is 31.4 Å². The molecule has 0 aliphatic heterocycles. The predicted octanol–water partition coefficient (Wildman–Crippen LogP) is 2.90. The van der Waals surface area contributed by atoms with Gasteiger partial charge in [-0.2, -0.15) is 5.10 Å². The minimum atomic E-state index is -0.211. The van der Waals surface area contributed by atoms with Crippen LogP contribution >= 0.6 is 0 Å². The molecule has 1 N–H and O–H groups in total. The molecule has 0 aliphatic rings. The maximum Gasteiger partial charge on any atom is 0.274 e. The monoisotopic (exact) mass is 400 g/mol. The molecule has 7 heteroatoms. The lowest BCUT2D eigenvalue weighted by Gasteiger charge is -2.10. The van der Waals surface area contributed by atoms with Crippen molar-refractivity contribution in [3.05, 3.63) is 89.1 Å². The van der Waals surface area contributed by atoms with Crippen molar-refractivity contribution < 1.29 is 9.53 Å². The molecule has 0 bridgehead atoms. The Balaban J connectivity index is 1.41. The average Bonchev–Trinajstić information content (AvgIpc) is 2.80. The quantitative estimate of drug-likeness (QED) is 0.538. The molecule has 4 aromatic rings. The molecule has 2 aromatic carbocycles. The Bertz CT molecular complexity index is 1250. The highest BCUT2D eigenvalue weighted by Gasteiger charge is 2.09. The van der Waals surface area contributed by atoms with E-state index in [1.807, 2.05) is 36.4 Å². The highest BCUT2D eigenvalue weighted by Crippen LogP contribution is 2.28. The van der Waals surface area contributed by atoms with Crippen LogP contribution in [0, 0.1) is 0 Å². The molecule has 0 saturated heterocycles. The Morgan fingerprint density at radius 2 is 1.87 bits per heavy atom. The number of benzene rings is 2. The zero-order chi connectivity index (χ0) is 20.9. The third-order valence-corrected chi connectivity index (χ3v) is 4.83. The first-order valence-electron chi connectivity index (χ1n) is 9.49. The standard InChI is InChI=1S/C23H20N4O3/c1-30-21-15-24-11-10-19(21)16-6-8-17(9-7-16)22(28)25-12-13-27-23(29)20-5-3-2-4-18(20)14-26-27/h2-11,14-15H,12-13H2,1H3,(H,25,28). The molecule has 0 aliphatic carbocycles. The highest BCUT2D eigenvalue weighted by molar-refractivity contribution is 5.94.